The van der Waals surface area contributed by atoms with Gasteiger partial charge in [-0.2, -0.15) is 0 Å². The number of benzene rings is 1. The van der Waals surface area contributed by atoms with Crippen molar-refractivity contribution in [1.29, 1.82) is 0 Å². The summed E-state index contributed by atoms with van der Waals surface area (Å²) in [5.74, 6) is -0.369. The molecule has 0 radical (unpaired) electrons. The summed E-state index contributed by atoms with van der Waals surface area (Å²) in [5, 5.41) is 9.74. The van der Waals surface area contributed by atoms with Gasteiger partial charge in [0.15, 0.2) is 0 Å². The predicted octanol–water partition coefficient (Wildman–Crippen LogP) is 3.07. The lowest BCUT2D eigenvalue weighted by atomic mass is 10.0. The van der Waals surface area contributed by atoms with Gasteiger partial charge in [0, 0.05) is 15.4 Å². The van der Waals surface area contributed by atoms with Crippen molar-refractivity contribution < 1.29 is 9.90 Å². The van der Waals surface area contributed by atoms with Crippen LogP contribution in [0, 0.1) is 11.8 Å². The highest BCUT2D eigenvalue weighted by molar-refractivity contribution is 9.10. The second-order valence-corrected chi connectivity index (χ2v) is 5.54. The fourth-order valence-corrected chi connectivity index (χ4v) is 3.67. The minimum Gasteiger partial charge on any atom is -0.481 e. The van der Waals surface area contributed by atoms with E-state index in [0.717, 1.165) is 27.0 Å². The van der Waals surface area contributed by atoms with Crippen LogP contribution in [0.15, 0.2) is 16.6 Å². The number of hydrogen-bond donors (Lipinski definition) is 1. The van der Waals surface area contributed by atoms with Crippen LogP contribution in [0.1, 0.15) is 17.0 Å². The van der Waals surface area contributed by atoms with Crippen LogP contribution >= 0.6 is 27.5 Å². The maximum Gasteiger partial charge on any atom is 0.307 e. The zero-order valence-corrected chi connectivity index (χ0v) is 10.0. The molecule has 0 aliphatic heterocycles. The molecule has 0 bridgehead atoms. The van der Waals surface area contributed by atoms with Crippen molar-refractivity contribution in [2.75, 3.05) is 0 Å². The third-order valence-electron chi connectivity index (χ3n) is 3.45. The molecule has 2 nitrogen and oxygen atoms in total. The van der Waals surface area contributed by atoms with Gasteiger partial charge in [0.25, 0.3) is 0 Å². The first-order valence-electron chi connectivity index (χ1n) is 4.80. The van der Waals surface area contributed by atoms with Gasteiger partial charge in [-0.3, -0.25) is 4.79 Å². The Bertz CT molecular complexity index is 472. The summed E-state index contributed by atoms with van der Waals surface area (Å²) in [6, 6.07) is 3.88. The summed E-state index contributed by atoms with van der Waals surface area (Å²) in [4.78, 5) is 10.9. The average Bonchev–Trinajstić information content (AvgIpc) is 2.74. The van der Waals surface area contributed by atoms with E-state index in [-0.39, 0.29) is 17.8 Å². The molecule has 2 aliphatic rings. The quantitative estimate of drug-likeness (QED) is 0.862. The van der Waals surface area contributed by atoms with Crippen molar-refractivity contribution in [2.45, 2.75) is 12.3 Å². The molecule has 0 aromatic heterocycles. The lowest BCUT2D eigenvalue weighted by molar-refractivity contribution is -0.139. The van der Waals surface area contributed by atoms with E-state index in [1.807, 2.05) is 12.1 Å². The molecule has 3 rings (SSSR count). The predicted molar refractivity (Wildman–Crippen MR) is 60.2 cm³/mol. The molecule has 0 heterocycles. The van der Waals surface area contributed by atoms with Crippen LogP contribution in [0.2, 0.25) is 5.02 Å². The van der Waals surface area contributed by atoms with Crippen LogP contribution in [0.25, 0.3) is 0 Å². The van der Waals surface area contributed by atoms with E-state index in [9.17, 15) is 4.79 Å². The van der Waals surface area contributed by atoms with Crippen LogP contribution in [0.4, 0.5) is 0 Å². The first-order valence-corrected chi connectivity index (χ1v) is 5.97. The van der Waals surface area contributed by atoms with E-state index in [4.69, 9.17) is 16.7 Å². The molecule has 3 atom stereocenters. The van der Waals surface area contributed by atoms with E-state index in [1.54, 1.807) is 0 Å². The van der Waals surface area contributed by atoms with E-state index in [0.29, 0.717) is 0 Å². The molecule has 15 heavy (non-hydrogen) atoms. The zero-order chi connectivity index (χ0) is 10.7. The van der Waals surface area contributed by atoms with Crippen LogP contribution in [0.5, 0.6) is 0 Å². The molecule has 2 aliphatic carbocycles. The molecule has 0 unspecified atom stereocenters. The highest BCUT2D eigenvalue weighted by Crippen LogP contribution is 2.62. The number of rotatable bonds is 1. The maximum atomic E-state index is 10.9. The fraction of sp³-hybridized carbons (Fsp3) is 0.364. The molecular formula is C11H8BrClO2. The topological polar surface area (TPSA) is 37.3 Å². The largest absolute Gasteiger partial charge is 0.481 e. The van der Waals surface area contributed by atoms with Gasteiger partial charge >= 0.3 is 5.97 Å². The van der Waals surface area contributed by atoms with Crippen LogP contribution < -0.4 is 0 Å². The van der Waals surface area contributed by atoms with E-state index in [2.05, 4.69) is 15.9 Å². The highest BCUT2D eigenvalue weighted by Gasteiger charge is 2.60. The number of halogens is 2. The molecular weight excluding hydrogens is 279 g/mol. The number of fused-ring (bicyclic) bond motifs is 3. The van der Waals surface area contributed by atoms with Crippen molar-refractivity contribution >= 4 is 33.5 Å². The van der Waals surface area contributed by atoms with E-state index in [1.165, 1.54) is 0 Å². The van der Waals surface area contributed by atoms with Crippen molar-refractivity contribution in [3.63, 3.8) is 0 Å². The summed E-state index contributed by atoms with van der Waals surface area (Å²) >= 11 is 9.50. The summed E-state index contributed by atoms with van der Waals surface area (Å²) in [6.07, 6.45) is 0.822. The number of aliphatic carboxylic acids is 1. The third kappa shape index (κ3) is 1.26. The summed E-state index contributed by atoms with van der Waals surface area (Å²) in [7, 11) is 0. The smallest absolute Gasteiger partial charge is 0.307 e. The van der Waals surface area contributed by atoms with Gasteiger partial charge in [-0.15, -0.1) is 0 Å². The Kier molecular flexibility index (Phi) is 1.92. The van der Waals surface area contributed by atoms with Gasteiger partial charge in [0.05, 0.1) is 5.92 Å². The molecule has 1 aromatic rings. The van der Waals surface area contributed by atoms with Gasteiger partial charge in [0.2, 0.25) is 0 Å². The standard InChI is InChI=1S/C11H8BrClO2/c12-4-1-6-5(8(13)2-4)3-7-9(6)10(7)11(14)15/h1-2,7,9-10H,3H2,(H,14,15)/t7-,9-,10+/m0/s1. The Morgan fingerprint density at radius 1 is 1.53 bits per heavy atom. The molecule has 78 valence electrons. The maximum absolute atomic E-state index is 10.9. The lowest BCUT2D eigenvalue weighted by Crippen LogP contribution is -2.05. The Hall–Kier alpha value is -0.540. The average molecular weight is 288 g/mol. The Morgan fingerprint density at radius 3 is 2.93 bits per heavy atom. The monoisotopic (exact) mass is 286 g/mol. The van der Waals surface area contributed by atoms with Crippen molar-refractivity contribution in [1.82, 2.24) is 0 Å². The van der Waals surface area contributed by atoms with Gasteiger partial charge in [-0.1, -0.05) is 27.5 Å². The van der Waals surface area contributed by atoms with Crippen molar-refractivity contribution in [3.05, 3.63) is 32.8 Å². The Balaban J connectivity index is 2.05. The van der Waals surface area contributed by atoms with E-state index >= 15 is 0 Å². The molecule has 4 heteroatoms. The Morgan fingerprint density at radius 2 is 2.27 bits per heavy atom. The Labute approximate surface area is 100 Å². The number of carboxylic acid groups (broad SMARTS) is 1. The molecule has 0 spiro atoms. The first kappa shape index (κ1) is 9.67. The van der Waals surface area contributed by atoms with Gasteiger partial charge in [0.1, 0.15) is 0 Å². The molecule has 1 aromatic carbocycles. The van der Waals surface area contributed by atoms with Crippen LogP contribution in [-0.4, -0.2) is 11.1 Å². The SMILES string of the molecule is O=C(O)[C@@H]1[C@H]2Cc3c(Cl)cc(Br)cc3[C@@H]21. The molecule has 0 saturated heterocycles. The van der Waals surface area contributed by atoms with Gasteiger partial charge in [-0.25, -0.2) is 0 Å². The lowest BCUT2D eigenvalue weighted by Gasteiger charge is -2.08. The first-order chi connectivity index (χ1) is 7.09. The second kappa shape index (κ2) is 2.98. The minimum absolute atomic E-state index is 0.178. The number of hydrogen-bond acceptors (Lipinski definition) is 1. The number of carboxylic acids is 1. The van der Waals surface area contributed by atoms with E-state index < -0.39 is 5.97 Å². The number of carbonyl (C=O) groups is 1. The second-order valence-electron chi connectivity index (χ2n) is 4.21. The van der Waals surface area contributed by atoms with Crippen LogP contribution in [0.3, 0.4) is 0 Å². The fourth-order valence-electron chi connectivity index (χ4n) is 2.76. The van der Waals surface area contributed by atoms with Crippen LogP contribution in [-0.2, 0) is 11.2 Å². The normalized spacial score (nSPS) is 30.9. The minimum atomic E-state index is -0.674. The van der Waals surface area contributed by atoms with Gasteiger partial charge < -0.3 is 5.11 Å². The van der Waals surface area contributed by atoms with Crippen molar-refractivity contribution in [2.24, 2.45) is 11.8 Å². The summed E-state index contributed by atoms with van der Waals surface area (Å²) in [6.45, 7) is 0. The summed E-state index contributed by atoms with van der Waals surface area (Å²) < 4.78 is 0.933. The zero-order valence-electron chi connectivity index (χ0n) is 7.71. The van der Waals surface area contributed by atoms with Crippen molar-refractivity contribution in [3.8, 4) is 0 Å². The third-order valence-corrected chi connectivity index (χ3v) is 4.24. The highest BCUT2D eigenvalue weighted by atomic mass is 79.9. The molecule has 1 fully saturated rings. The molecule has 1 saturated carbocycles. The van der Waals surface area contributed by atoms with Gasteiger partial charge in [-0.05, 0) is 35.6 Å². The molecule has 0 amide bonds. The molecule has 1 N–H and O–H groups in total. The summed E-state index contributed by atoms with van der Waals surface area (Å²) in [5.41, 5.74) is 2.28.